The van der Waals surface area contributed by atoms with E-state index in [-0.39, 0.29) is 17.3 Å². The van der Waals surface area contributed by atoms with Crippen molar-refractivity contribution in [3.63, 3.8) is 0 Å². The van der Waals surface area contributed by atoms with E-state index in [1.54, 1.807) is 48.5 Å². The lowest BCUT2D eigenvalue weighted by atomic mass is 10.1. The Hall–Kier alpha value is -3.85. The number of benzene rings is 3. The molecule has 1 atom stereocenters. The van der Waals surface area contributed by atoms with Crippen LogP contribution < -0.4 is 14.4 Å². The van der Waals surface area contributed by atoms with Gasteiger partial charge >= 0.3 is 0 Å². The van der Waals surface area contributed by atoms with Crippen LogP contribution in [0.1, 0.15) is 51.2 Å². The number of carbonyl (C=O) groups excluding carboxylic acids is 2. The molecule has 0 radical (unpaired) electrons. The van der Waals surface area contributed by atoms with E-state index in [9.17, 15) is 18.0 Å². The van der Waals surface area contributed by atoms with E-state index in [1.807, 2.05) is 58.0 Å². The fraction of sp³-hybridized carbons (Fsp3) is 0.394. The van der Waals surface area contributed by atoms with E-state index in [2.05, 4.69) is 5.32 Å². The van der Waals surface area contributed by atoms with Gasteiger partial charge in [0.15, 0.2) is 0 Å². The van der Waals surface area contributed by atoms with Gasteiger partial charge < -0.3 is 15.0 Å². The molecule has 0 aliphatic carbocycles. The van der Waals surface area contributed by atoms with Gasteiger partial charge in [0.1, 0.15) is 18.3 Å². The lowest BCUT2D eigenvalue weighted by Gasteiger charge is -2.33. The highest BCUT2D eigenvalue weighted by Gasteiger charge is 2.33. The average Bonchev–Trinajstić information content (AvgIpc) is 2.99. The Morgan fingerprint density at radius 1 is 0.905 bits per heavy atom. The molecule has 3 rings (SSSR count). The van der Waals surface area contributed by atoms with Crippen LogP contribution in [0, 0.1) is 6.92 Å². The third-order valence-electron chi connectivity index (χ3n) is 7.02. The maximum absolute atomic E-state index is 14.1. The number of anilines is 1. The van der Waals surface area contributed by atoms with E-state index in [0.717, 1.165) is 28.3 Å². The summed E-state index contributed by atoms with van der Waals surface area (Å²) in [5.41, 5.74) is 2.27. The highest BCUT2D eigenvalue weighted by molar-refractivity contribution is 7.92. The van der Waals surface area contributed by atoms with Crippen LogP contribution in [0.2, 0.25) is 0 Å². The first-order chi connectivity index (χ1) is 20.2. The molecule has 0 heterocycles. The summed E-state index contributed by atoms with van der Waals surface area (Å²) in [6.07, 6.45) is 2.69. The SMILES string of the molecule is CCCCNC(=O)[C@@H](CC)N(CCc1ccccc1)C(=O)CN(c1ccc(OCC)cc1)S(=O)(=O)c1ccc(C)cc1. The second-order valence-electron chi connectivity index (χ2n) is 10.1. The Morgan fingerprint density at radius 3 is 2.17 bits per heavy atom. The van der Waals surface area contributed by atoms with Crippen molar-refractivity contribution in [1.82, 2.24) is 10.2 Å². The minimum atomic E-state index is -4.12. The summed E-state index contributed by atoms with van der Waals surface area (Å²) in [6, 6.07) is 22.2. The monoisotopic (exact) mass is 593 g/mol. The number of rotatable bonds is 16. The van der Waals surface area contributed by atoms with Gasteiger partial charge in [0.25, 0.3) is 10.0 Å². The fourth-order valence-corrected chi connectivity index (χ4v) is 6.06. The van der Waals surface area contributed by atoms with Crippen LogP contribution in [-0.4, -0.2) is 57.4 Å². The molecule has 2 amide bonds. The molecule has 0 aromatic heterocycles. The molecule has 0 bridgehead atoms. The Labute approximate surface area is 250 Å². The molecule has 0 aliphatic heterocycles. The van der Waals surface area contributed by atoms with Gasteiger partial charge in [-0.3, -0.25) is 13.9 Å². The van der Waals surface area contributed by atoms with E-state index in [0.29, 0.717) is 37.4 Å². The molecule has 0 spiro atoms. The molecule has 8 nitrogen and oxygen atoms in total. The predicted octanol–water partition coefficient (Wildman–Crippen LogP) is 5.36. The number of ether oxygens (including phenoxy) is 1. The van der Waals surface area contributed by atoms with E-state index in [1.165, 1.54) is 4.90 Å². The maximum Gasteiger partial charge on any atom is 0.264 e. The zero-order chi connectivity index (χ0) is 30.5. The van der Waals surface area contributed by atoms with E-state index in [4.69, 9.17) is 4.74 Å². The molecular weight excluding hydrogens is 550 g/mol. The summed E-state index contributed by atoms with van der Waals surface area (Å²) in [7, 11) is -4.12. The molecule has 0 saturated carbocycles. The van der Waals surface area contributed by atoms with Gasteiger partial charge in [-0.05, 0) is 75.1 Å². The Morgan fingerprint density at radius 2 is 1.57 bits per heavy atom. The number of hydrogen-bond donors (Lipinski definition) is 1. The molecule has 0 aliphatic rings. The quantitative estimate of drug-likeness (QED) is 0.226. The lowest BCUT2D eigenvalue weighted by molar-refractivity contribution is -0.139. The summed E-state index contributed by atoms with van der Waals surface area (Å²) < 4.78 is 34.6. The first-order valence-electron chi connectivity index (χ1n) is 14.6. The zero-order valence-corrected chi connectivity index (χ0v) is 25.9. The van der Waals surface area contributed by atoms with Crippen molar-refractivity contribution >= 4 is 27.5 Å². The zero-order valence-electron chi connectivity index (χ0n) is 25.1. The number of nitrogens with one attached hydrogen (secondary N) is 1. The second-order valence-corrected chi connectivity index (χ2v) is 12.0. The summed E-state index contributed by atoms with van der Waals surface area (Å²) in [4.78, 5) is 29.0. The van der Waals surface area contributed by atoms with Gasteiger partial charge in [-0.15, -0.1) is 0 Å². The summed E-state index contributed by atoms with van der Waals surface area (Å²) >= 11 is 0. The molecule has 3 aromatic carbocycles. The number of hydrogen-bond acceptors (Lipinski definition) is 5. The van der Waals surface area contributed by atoms with Crippen molar-refractivity contribution in [3.05, 3.63) is 90.0 Å². The van der Waals surface area contributed by atoms with Crippen LogP contribution in [-0.2, 0) is 26.0 Å². The third-order valence-corrected chi connectivity index (χ3v) is 8.81. The van der Waals surface area contributed by atoms with Gasteiger partial charge in [0.05, 0.1) is 17.2 Å². The molecule has 9 heteroatoms. The first kappa shape index (κ1) is 32.7. The van der Waals surface area contributed by atoms with Gasteiger partial charge in [0, 0.05) is 13.1 Å². The standard InChI is InChI=1S/C33H43N3O5S/c1-5-8-23-34-33(38)31(6-2)35(24-22-27-12-10-9-11-13-27)32(37)25-36(28-16-18-29(19-17-28)41-7-3)42(39,40)30-20-14-26(4)15-21-30/h9-21,31H,5-8,22-25H2,1-4H3,(H,34,38)/t31-/m1/s1. The Kier molecular flexibility index (Phi) is 12.4. The van der Waals surface area contributed by atoms with Crippen LogP contribution in [0.4, 0.5) is 5.69 Å². The van der Waals surface area contributed by atoms with Crippen molar-refractivity contribution in [2.24, 2.45) is 0 Å². The maximum atomic E-state index is 14.1. The van der Waals surface area contributed by atoms with Crippen LogP contribution in [0.3, 0.4) is 0 Å². The third kappa shape index (κ3) is 8.82. The van der Waals surface area contributed by atoms with Crippen molar-refractivity contribution in [2.45, 2.75) is 64.3 Å². The number of nitrogens with zero attached hydrogens (tertiary/aromatic N) is 2. The number of amides is 2. The van der Waals surface area contributed by atoms with Crippen LogP contribution in [0.5, 0.6) is 5.75 Å². The highest BCUT2D eigenvalue weighted by atomic mass is 32.2. The smallest absolute Gasteiger partial charge is 0.264 e. The number of unbranched alkanes of at least 4 members (excludes halogenated alkanes) is 1. The number of aryl methyl sites for hydroxylation is 1. The molecule has 0 saturated heterocycles. The molecule has 42 heavy (non-hydrogen) atoms. The van der Waals surface area contributed by atoms with Gasteiger partial charge in [-0.1, -0.05) is 68.3 Å². The lowest BCUT2D eigenvalue weighted by Crippen LogP contribution is -2.53. The molecular formula is C33H43N3O5S. The second kappa shape index (κ2) is 16.0. The van der Waals surface area contributed by atoms with Crippen molar-refractivity contribution in [1.29, 1.82) is 0 Å². The van der Waals surface area contributed by atoms with Gasteiger partial charge in [-0.25, -0.2) is 8.42 Å². The molecule has 0 unspecified atom stereocenters. The summed E-state index contributed by atoms with van der Waals surface area (Å²) in [5, 5.41) is 2.95. The minimum absolute atomic E-state index is 0.0787. The summed E-state index contributed by atoms with van der Waals surface area (Å²) in [6.45, 7) is 8.45. The fourth-order valence-electron chi connectivity index (χ4n) is 4.64. The van der Waals surface area contributed by atoms with Crippen LogP contribution in [0.25, 0.3) is 0 Å². The topological polar surface area (TPSA) is 96.0 Å². The van der Waals surface area contributed by atoms with Crippen LogP contribution in [0.15, 0.2) is 83.8 Å². The Balaban J connectivity index is 1.99. The average molecular weight is 594 g/mol. The minimum Gasteiger partial charge on any atom is -0.494 e. The largest absolute Gasteiger partial charge is 0.494 e. The Bertz CT molecular complexity index is 1380. The van der Waals surface area contributed by atoms with E-state index < -0.39 is 28.5 Å². The van der Waals surface area contributed by atoms with Crippen LogP contribution >= 0.6 is 0 Å². The van der Waals surface area contributed by atoms with Gasteiger partial charge in [-0.2, -0.15) is 0 Å². The van der Waals surface area contributed by atoms with Crippen molar-refractivity contribution in [3.8, 4) is 5.75 Å². The first-order valence-corrected chi connectivity index (χ1v) is 16.1. The molecule has 0 fully saturated rings. The number of carbonyl (C=O) groups is 2. The van der Waals surface area contributed by atoms with Crippen molar-refractivity contribution < 1.29 is 22.7 Å². The molecule has 1 N–H and O–H groups in total. The normalized spacial score (nSPS) is 11.9. The molecule has 226 valence electrons. The number of sulfonamides is 1. The van der Waals surface area contributed by atoms with E-state index >= 15 is 0 Å². The predicted molar refractivity (Wildman–Crippen MR) is 167 cm³/mol. The van der Waals surface area contributed by atoms with Gasteiger partial charge in [0.2, 0.25) is 11.8 Å². The summed E-state index contributed by atoms with van der Waals surface area (Å²) in [5.74, 6) is -0.0890. The van der Waals surface area contributed by atoms with Crippen molar-refractivity contribution in [2.75, 3.05) is 30.5 Å². The molecule has 3 aromatic rings. The highest BCUT2D eigenvalue weighted by Crippen LogP contribution is 2.27.